The molecule has 3 heterocycles. The van der Waals surface area contributed by atoms with Gasteiger partial charge in [0.05, 0.1) is 30.1 Å². The lowest BCUT2D eigenvalue weighted by Crippen LogP contribution is -2.54. The van der Waals surface area contributed by atoms with Gasteiger partial charge in [0.25, 0.3) is 0 Å². The Labute approximate surface area is 219 Å². The Kier molecular flexibility index (Phi) is 9.52. The van der Waals surface area contributed by atoms with Crippen LogP contribution in [0.5, 0.6) is 0 Å². The number of ether oxygens (including phenoxy) is 4. The van der Waals surface area contributed by atoms with Crippen molar-refractivity contribution in [2.75, 3.05) is 19.1 Å². The summed E-state index contributed by atoms with van der Waals surface area (Å²) in [6.07, 6.45) is -4.99. The fourth-order valence-corrected chi connectivity index (χ4v) is 5.50. The molecule has 8 atom stereocenters. The summed E-state index contributed by atoms with van der Waals surface area (Å²) in [5.41, 5.74) is -1.78. The lowest BCUT2D eigenvalue weighted by atomic mass is 9.76. The SMILES string of the molecule is C=C1C(=O)OC2C1C(OC(=O)C(=CC)CO)C(O)C(C(=O)OCC(=O)CCC)C1CCC(CCl)(O1)C2O. The molecular formula is C25H33ClO11. The molecule has 3 aliphatic rings. The van der Waals surface area contributed by atoms with Crippen molar-refractivity contribution in [3.63, 3.8) is 0 Å². The van der Waals surface area contributed by atoms with E-state index >= 15 is 0 Å². The molecule has 3 saturated heterocycles. The minimum atomic E-state index is -1.82. The number of aliphatic hydroxyl groups excluding tert-OH is 3. The van der Waals surface area contributed by atoms with Crippen molar-refractivity contribution in [1.29, 1.82) is 0 Å². The maximum absolute atomic E-state index is 13.2. The van der Waals surface area contributed by atoms with Crippen molar-refractivity contribution < 1.29 is 53.4 Å². The van der Waals surface area contributed by atoms with Gasteiger partial charge in [0.1, 0.15) is 42.5 Å². The third kappa shape index (κ3) is 5.61. The summed E-state index contributed by atoms with van der Waals surface area (Å²) in [4.78, 5) is 50.6. The summed E-state index contributed by atoms with van der Waals surface area (Å²) in [6, 6.07) is 0. The number of alkyl halides is 1. The largest absolute Gasteiger partial charge is 0.457 e. The number of allylic oxidation sites excluding steroid dienone is 1. The highest BCUT2D eigenvalue weighted by atomic mass is 35.5. The molecule has 0 aliphatic carbocycles. The molecule has 2 bridgehead atoms. The number of ketones is 1. The second-order valence-electron chi connectivity index (χ2n) is 9.51. The minimum absolute atomic E-state index is 0.140. The number of carbonyl (C=O) groups excluding carboxylic acids is 4. The van der Waals surface area contributed by atoms with Crippen LogP contribution in [0.25, 0.3) is 0 Å². The summed E-state index contributed by atoms with van der Waals surface area (Å²) in [5.74, 6) is -6.20. The van der Waals surface area contributed by atoms with E-state index in [0.29, 0.717) is 6.42 Å². The smallest absolute Gasteiger partial charge is 0.336 e. The zero-order valence-corrected chi connectivity index (χ0v) is 21.5. The lowest BCUT2D eigenvalue weighted by molar-refractivity contribution is -0.179. The molecule has 0 saturated carbocycles. The number of hydrogen-bond donors (Lipinski definition) is 3. The zero-order valence-electron chi connectivity index (χ0n) is 20.8. The normalized spacial score (nSPS) is 35.6. The van der Waals surface area contributed by atoms with Crippen LogP contribution in [-0.4, -0.2) is 94.2 Å². The molecule has 3 N–H and O–H groups in total. The van der Waals surface area contributed by atoms with Crippen LogP contribution in [0.2, 0.25) is 0 Å². The number of halogens is 1. The molecule has 3 fully saturated rings. The number of hydrogen-bond acceptors (Lipinski definition) is 11. The first-order chi connectivity index (χ1) is 17.5. The van der Waals surface area contributed by atoms with E-state index in [1.54, 1.807) is 6.92 Å². The van der Waals surface area contributed by atoms with Crippen molar-refractivity contribution in [3.8, 4) is 0 Å². The first kappa shape index (κ1) is 29.2. The van der Waals surface area contributed by atoms with Crippen molar-refractivity contribution in [2.45, 2.75) is 75.7 Å². The number of aliphatic hydroxyl groups is 3. The van der Waals surface area contributed by atoms with Gasteiger partial charge in [-0.3, -0.25) is 9.59 Å². The van der Waals surface area contributed by atoms with Gasteiger partial charge in [0.2, 0.25) is 0 Å². The van der Waals surface area contributed by atoms with Gasteiger partial charge in [0, 0.05) is 12.0 Å². The molecule has 0 aromatic carbocycles. The molecule has 0 aromatic heterocycles. The van der Waals surface area contributed by atoms with Gasteiger partial charge in [-0.15, -0.1) is 11.6 Å². The van der Waals surface area contributed by atoms with E-state index in [9.17, 15) is 34.5 Å². The molecule has 0 radical (unpaired) electrons. The van der Waals surface area contributed by atoms with Crippen LogP contribution in [0, 0.1) is 11.8 Å². The summed E-state index contributed by atoms with van der Waals surface area (Å²) in [5, 5.41) is 32.4. The Bertz CT molecular complexity index is 962. The fourth-order valence-electron chi connectivity index (χ4n) is 5.15. The van der Waals surface area contributed by atoms with Crippen LogP contribution in [-0.2, 0) is 38.1 Å². The monoisotopic (exact) mass is 544 g/mol. The van der Waals surface area contributed by atoms with E-state index in [4.69, 9.17) is 30.5 Å². The van der Waals surface area contributed by atoms with Crippen molar-refractivity contribution in [2.24, 2.45) is 11.8 Å². The predicted molar refractivity (Wildman–Crippen MR) is 127 cm³/mol. The average Bonchev–Trinajstić information content (AvgIpc) is 3.43. The molecule has 12 heteroatoms. The predicted octanol–water partition coefficient (Wildman–Crippen LogP) is 0.355. The number of carbonyl (C=O) groups is 4. The maximum Gasteiger partial charge on any atom is 0.336 e. The third-order valence-electron chi connectivity index (χ3n) is 7.24. The molecule has 3 aliphatic heterocycles. The van der Waals surface area contributed by atoms with Crippen LogP contribution < -0.4 is 0 Å². The molecule has 3 rings (SSSR count). The molecular weight excluding hydrogens is 512 g/mol. The Hall–Kier alpha value is -2.31. The van der Waals surface area contributed by atoms with E-state index in [1.807, 2.05) is 0 Å². The number of Topliss-reactive ketones (excluding diaryl/α,β-unsaturated/α-hetero) is 1. The zero-order chi connectivity index (χ0) is 27.5. The molecule has 206 valence electrons. The van der Waals surface area contributed by atoms with Crippen LogP contribution >= 0.6 is 11.6 Å². The Morgan fingerprint density at radius 3 is 2.59 bits per heavy atom. The number of fused-ring (bicyclic) bond motifs is 3. The van der Waals surface area contributed by atoms with Crippen LogP contribution in [0.4, 0.5) is 0 Å². The van der Waals surface area contributed by atoms with Gasteiger partial charge in [-0.25, -0.2) is 9.59 Å². The molecule has 37 heavy (non-hydrogen) atoms. The van der Waals surface area contributed by atoms with Gasteiger partial charge in [0.15, 0.2) is 5.78 Å². The standard InChI is InChI=1S/C25H33ClO11/c1-4-6-14(28)10-34-24(33)17-15-7-8-25(11-26,37-15)21(30)20-16(12(3)22(31)36-20)19(18(17)29)35-23(32)13(5-2)9-27/h5,15-21,27,29-30H,3-4,6-11H2,1-2H3. The summed E-state index contributed by atoms with van der Waals surface area (Å²) < 4.78 is 22.2. The quantitative estimate of drug-likeness (QED) is 0.159. The molecule has 8 unspecified atom stereocenters. The highest BCUT2D eigenvalue weighted by molar-refractivity contribution is 6.18. The van der Waals surface area contributed by atoms with E-state index in [1.165, 1.54) is 13.0 Å². The van der Waals surface area contributed by atoms with Gasteiger partial charge < -0.3 is 34.3 Å². The second kappa shape index (κ2) is 12.0. The Morgan fingerprint density at radius 2 is 2.00 bits per heavy atom. The van der Waals surface area contributed by atoms with E-state index < -0.39 is 79.1 Å². The molecule has 0 amide bonds. The van der Waals surface area contributed by atoms with Crippen LogP contribution in [0.1, 0.15) is 39.5 Å². The number of rotatable bonds is 9. The van der Waals surface area contributed by atoms with Gasteiger partial charge in [-0.2, -0.15) is 0 Å². The highest BCUT2D eigenvalue weighted by Gasteiger charge is 2.62. The van der Waals surface area contributed by atoms with Crippen molar-refractivity contribution >= 4 is 35.3 Å². The van der Waals surface area contributed by atoms with Gasteiger partial charge >= 0.3 is 17.9 Å². The van der Waals surface area contributed by atoms with Crippen LogP contribution in [0.15, 0.2) is 23.8 Å². The Balaban J connectivity index is 2.07. The van der Waals surface area contributed by atoms with Crippen molar-refractivity contribution in [1.82, 2.24) is 0 Å². The van der Waals surface area contributed by atoms with Crippen molar-refractivity contribution in [3.05, 3.63) is 23.8 Å². The molecule has 0 aromatic rings. The number of esters is 3. The lowest BCUT2D eigenvalue weighted by Gasteiger charge is -2.37. The Morgan fingerprint density at radius 1 is 1.30 bits per heavy atom. The molecule has 0 spiro atoms. The fraction of sp³-hybridized carbons (Fsp3) is 0.680. The maximum atomic E-state index is 13.2. The topological polar surface area (TPSA) is 166 Å². The van der Waals surface area contributed by atoms with E-state index in [0.717, 1.165) is 0 Å². The second-order valence-corrected chi connectivity index (χ2v) is 9.78. The van der Waals surface area contributed by atoms with E-state index in [-0.39, 0.29) is 42.1 Å². The summed E-state index contributed by atoms with van der Waals surface area (Å²) in [7, 11) is 0. The third-order valence-corrected chi connectivity index (χ3v) is 7.69. The average molecular weight is 545 g/mol. The minimum Gasteiger partial charge on any atom is -0.457 e. The van der Waals surface area contributed by atoms with Gasteiger partial charge in [-0.05, 0) is 26.2 Å². The first-order valence-electron chi connectivity index (χ1n) is 12.2. The van der Waals surface area contributed by atoms with E-state index in [2.05, 4.69) is 6.58 Å². The van der Waals surface area contributed by atoms with Crippen LogP contribution in [0.3, 0.4) is 0 Å². The van der Waals surface area contributed by atoms with Gasteiger partial charge in [-0.1, -0.05) is 19.6 Å². The summed E-state index contributed by atoms with van der Waals surface area (Å²) >= 11 is 6.21. The summed E-state index contributed by atoms with van der Waals surface area (Å²) in [6.45, 7) is 5.80. The molecule has 11 nitrogen and oxygen atoms in total. The first-order valence-corrected chi connectivity index (χ1v) is 12.7. The highest BCUT2D eigenvalue weighted by Crippen LogP contribution is 2.47.